The summed E-state index contributed by atoms with van der Waals surface area (Å²) in [6.07, 6.45) is 1.79. The molecule has 0 amide bonds. The van der Waals surface area contributed by atoms with E-state index in [4.69, 9.17) is 5.11 Å². The van der Waals surface area contributed by atoms with E-state index < -0.39 is 0 Å². The highest BCUT2D eigenvalue weighted by molar-refractivity contribution is 6.50. The second-order valence-corrected chi connectivity index (χ2v) is 3.46. The smallest absolute Gasteiger partial charge is 0.179 e. The first-order chi connectivity index (χ1) is 7.83. The van der Waals surface area contributed by atoms with Crippen molar-refractivity contribution >= 4 is 12.9 Å². The van der Waals surface area contributed by atoms with Crippen LogP contribution >= 0.6 is 0 Å². The highest BCUT2D eigenvalue weighted by Gasteiger charge is 2.05. The van der Waals surface area contributed by atoms with Gasteiger partial charge in [0.15, 0.2) is 7.28 Å². The van der Waals surface area contributed by atoms with Gasteiger partial charge < -0.3 is 5.11 Å². The monoisotopic (exact) mass is 216 g/mol. The Bertz CT molecular complexity index is 471. The predicted octanol–water partition coefficient (Wildman–Crippen LogP) is -0.558. The molecule has 0 spiro atoms. The SMILES string of the molecule is CBc1cccc(-c2cn(CCO)nn2)n1. The van der Waals surface area contributed by atoms with E-state index in [0.717, 1.165) is 24.3 Å². The molecule has 16 heavy (non-hydrogen) atoms. The molecule has 1 N–H and O–H groups in total. The number of aliphatic hydroxyl groups excluding tert-OH is 1. The maximum atomic E-state index is 8.78. The topological polar surface area (TPSA) is 63.8 Å². The van der Waals surface area contributed by atoms with E-state index in [0.29, 0.717) is 6.54 Å². The van der Waals surface area contributed by atoms with Crippen LogP contribution in [0.4, 0.5) is 0 Å². The summed E-state index contributed by atoms with van der Waals surface area (Å²) in [6, 6.07) is 5.86. The number of hydrogen-bond acceptors (Lipinski definition) is 4. The summed E-state index contributed by atoms with van der Waals surface area (Å²) in [7, 11) is 0.901. The maximum absolute atomic E-state index is 8.78. The third kappa shape index (κ3) is 2.28. The minimum Gasteiger partial charge on any atom is -0.394 e. The van der Waals surface area contributed by atoms with Gasteiger partial charge in [0.25, 0.3) is 0 Å². The van der Waals surface area contributed by atoms with Gasteiger partial charge in [-0.2, -0.15) is 0 Å². The Labute approximate surface area is 94.4 Å². The zero-order valence-corrected chi connectivity index (χ0v) is 9.17. The summed E-state index contributed by atoms with van der Waals surface area (Å²) in [5.41, 5.74) is 2.60. The quantitative estimate of drug-likeness (QED) is 0.696. The first-order valence-corrected chi connectivity index (χ1v) is 5.30. The molecule has 6 heteroatoms. The summed E-state index contributed by atoms with van der Waals surface area (Å²) in [6.45, 7) is 2.58. The highest BCUT2D eigenvalue weighted by atomic mass is 16.3. The molecule has 0 aromatic carbocycles. The van der Waals surface area contributed by atoms with Crippen molar-refractivity contribution in [1.29, 1.82) is 0 Å². The molecule has 0 aliphatic carbocycles. The Morgan fingerprint density at radius 3 is 3.00 bits per heavy atom. The Kier molecular flexibility index (Phi) is 3.31. The van der Waals surface area contributed by atoms with Gasteiger partial charge in [-0.15, -0.1) is 5.10 Å². The van der Waals surface area contributed by atoms with Crippen LogP contribution < -0.4 is 5.59 Å². The van der Waals surface area contributed by atoms with Crippen molar-refractivity contribution in [3.8, 4) is 11.4 Å². The number of aromatic nitrogens is 4. The molecule has 5 nitrogen and oxygen atoms in total. The first-order valence-electron chi connectivity index (χ1n) is 5.30. The average Bonchev–Trinajstić information content (AvgIpc) is 2.78. The van der Waals surface area contributed by atoms with Gasteiger partial charge in [-0.3, -0.25) is 4.98 Å². The summed E-state index contributed by atoms with van der Waals surface area (Å²) in [5.74, 6) is 0. The number of nitrogens with zero attached hydrogens (tertiary/aromatic N) is 4. The van der Waals surface area contributed by atoms with Crippen molar-refractivity contribution in [1.82, 2.24) is 20.0 Å². The second kappa shape index (κ2) is 4.89. The summed E-state index contributed by atoms with van der Waals surface area (Å²) in [4.78, 5) is 4.46. The lowest BCUT2D eigenvalue weighted by molar-refractivity contribution is 0.268. The zero-order valence-electron chi connectivity index (χ0n) is 9.17. The molecule has 0 aliphatic heterocycles. The van der Waals surface area contributed by atoms with Gasteiger partial charge >= 0.3 is 0 Å². The van der Waals surface area contributed by atoms with Crippen molar-refractivity contribution < 1.29 is 5.11 Å². The summed E-state index contributed by atoms with van der Waals surface area (Å²) in [5, 5.41) is 16.7. The van der Waals surface area contributed by atoms with Crippen molar-refractivity contribution in [2.45, 2.75) is 13.4 Å². The van der Waals surface area contributed by atoms with Crippen LogP contribution in [0.15, 0.2) is 24.4 Å². The standard InChI is InChI=1S/C10H13BN4O/c1-11-10-4-2-3-8(12-10)9-7-15(5-6-16)14-13-9/h2-4,7,11,16H,5-6H2,1H3. The minimum absolute atomic E-state index is 0.0607. The largest absolute Gasteiger partial charge is 0.394 e. The Morgan fingerprint density at radius 1 is 1.38 bits per heavy atom. The van der Waals surface area contributed by atoms with Crippen LogP contribution in [-0.2, 0) is 6.54 Å². The van der Waals surface area contributed by atoms with Crippen LogP contribution in [0, 0.1) is 0 Å². The molecule has 2 heterocycles. The third-order valence-electron chi connectivity index (χ3n) is 2.30. The lowest BCUT2D eigenvalue weighted by atomic mass is 9.77. The van der Waals surface area contributed by atoms with Crippen LogP contribution in [0.1, 0.15) is 0 Å². The van der Waals surface area contributed by atoms with E-state index in [1.54, 1.807) is 10.9 Å². The van der Waals surface area contributed by atoms with Gasteiger partial charge in [0.2, 0.25) is 0 Å². The summed E-state index contributed by atoms with van der Waals surface area (Å²) >= 11 is 0. The third-order valence-corrected chi connectivity index (χ3v) is 2.30. The molecule has 2 aromatic rings. The number of hydrogen-bond donors (Lipinski definition) is 1. The van der Waals surface area contributed by atoms with Gasteiger partial charge in [0, 0.05) is 5.59 Å². The lowest BCUT2D eigenvalue weighted by Gasteiger charge is -1.98. The van der Waals surface area contributed by atoms with E-state index in [9.17, 15) is 0 Å². The van der Waals surface area contributed by atoms with Gasteiger partial charge in [-0.05, 0) is 6.07 Å². The van der Waals surface area contributed by atoms with Crippen LogP contribution in [0.25, 0.3) is 11.4 Å². The van der Waals surface area contributed by atoms with Crippen molar-refractivity contribution in [2.75, 3.05) is 6.61 Å². The Hall–Kier alpha value is -1.69. The highest BCUT2D eigenvalue weighted by Crippen LogP contribution is 2.10. The number of pyridine rings is 1. The molecule has 0 unspecified atom stereocenters. The minimum atomic E-state index is 0.0607. The fourth-order valence-corrected chi connectivity index (χ4v) is 1.45. The molecule has 2 rings (SSSR count). The van der Waals surface area contributed by atoms with E-state index in [1.807, 2.05) is 18.2 Å². The van der Waals surface area contributed by atoms with Crippen LogP contribution in [-0.4, -0.2) is 39.0 Å². The van der Waals surface area contributed by atoms with Crippen molar-refractivity contribution in [3.05, 3.63) is 24.4 Å². The normalized spacial score (nSPS) is 10.4. The van der Waals surface area contributed by atoms with Crippen molar-refractivity contribution in [2.24, 2.45) is 0 Å². The molecule has 2 aromatic heterocycles. The van der Waals surface area contributed by atoms with Crippen LogP contribution in [0.2, 0.25) is 6.82 Å². The van der Waals surface area contributed by atoms with Crippen LogP contribution in [0.3, 0.4) is 0 Å². The number of aliphatic hydroxyl groups is 1. The van der Waals surface area contributed by atoms with E-state index in [-0.39, 0.29) is 6.61 Å². The molecule has 0 saturated carbocycles. The predicted molar refractivity (Wildman–Crippen MR) is 63.0 cm³/mol. The Morgan fingerprint density at radius 2 is 2.25 bits per heavy atom. The number of rotatable bonds is 4. The summed E-state index contributed by atoms with van der Waals surface area (Å²) < 4.78 is 1.61. The van der Waals surface area contributed by atoms with Crippen molar-refractivity contribution in [3.63, 3.8) is 0 Å². The molecule has 0 radical (unpaired) electrons. The van der Waals surface area contributed by atoms with Gasteiger partial charge in [0.05, 0.1) is 25.0 Å². The molecule has 82 valence electrons. The second-order valence-electron chi connectivity index (χ2n) is 3.46. The van der Waals surface area contributed by atoms with Gasteiger partial charge in [-0.25, -0.2) is 4.68 Å². The molecule has 0 atom stereocenters. The lowest BCUT2D eigenvalue weighted by Crippen LogP contribution is -2.15. The first kappa shape index (κ1) is 10.8. The van der Waals surface area contributed by atoms with Crippen LogP contribution in [0.5, 0.6) is 0 Å². The average molecular weight is 216 g/mol. The maximum Gasteiger partial charge on any atom is 0.179 e. The van der Waals surface area contributed by atoms with E-state index in [1.165, 1.54) is 0 Å². The molecule has 0 bridgehead atoms. The fraction of sp³-hybridized carbons (Fsp3) is 0.300. The van der Waals surface area contributed by atoms with Gasteiger partial charge in [0.1, 0.15) is 5.69 Å². The molecule has 0 aliphatic rings. The van der Waals surface area contributed by atoms with E-state index >= 15 is 0 Å². The van der Waals surface area contributed by atoms with Gasteiger partial charge in [-0.1, -0.05) is 24.2 Å². The van der Waals surface area contributed by atoms with E-state index in [2.05, 4.69) is 22.1 Å². The Balaban J connectivity index is 2.27. The molecule has 0 fully saturated rings. The molecular weight excluding hydrogens is 203 g/mol. The molecule has 0 saturated heterocycles. The fourth-order valence-electron chi connectivity index (χ4n) is 1.45. The zero-order chi connectivity index (χ0) is 11.4. The molecular formula is C10H13BN4O.